The zero-order chi connectivity index (χ0) is 25.9. The third kappa shape index (κ3) is 5.16. The topological polar surface area (TPSA) is 95.6 Å². The van der Waals surface area contributed by atoms with Crippen LogP contribution in [0.3, 0.4) is 0 Å². The van der Waals surface area contributed by atoms with Gasteiger partial charge >= 0.3 is 5.97 Å². The smallest absolute Gasteiger partial charge is 0.310 e. The minimum Gasteiger partial charge on any atom is -0.466 e. The van der Waals surface area contributed by atoms with Crippen LogP contribution in [0.1, 0.15) is 63.6 Å². The SMILES string of the molecule is CCOC(=O)C1CCCN(c2c(C=C3SC(=S)N(C(C)CC)C3=O)c(C)c(C#N)c(=O)n2CC)C1. The van der Waals surface area contributed by atoms with E-state index in [1.165, 1.54) is 11.8 Å². The Morgan fingerprint density at radius 3 is 2.66 bits per heavy atom. The molecule has 2 atom stereocenters. The Morgan fingerprint density at radius 2 is 2.06 bits per heavy atom. The van der Waals surface area contributed by atoms with E-state index in [-0.39, 0.29) is 35.0 Å². The summed E-state index contributed by atoms with van der Waals surface area (Å²) in [5.41, 5.74) is 0.838. The molecule has 2 aliphatic heterocycles. The zero-order valence-corrected chi connectivity index (χ0v) is 22.6. The molecule has 0 spiro atoms. The lowest BCUT2D eigenvalue weighted by Crippen LogP contribution is -2.43. The molecule has 0 aliphatic carbocycles. The standard InChI is InChI=1S/C25H32N4O4S2/c1-6-15(4)29-23(31)20(35-25(29)34)12-18-16(5)19(13-26)22(30)28(7-2)21(18)27-11-9-10-17(14-27)24(32)33-8-3/h12,15,17H,6-11,14H2,1-5H3. The van der Waals surface area contributed by atoms with Crippen molar-refractivity contribution >= 4 is 52.1 Å². The minimum atomic E-state index is -0.370. The Kier molecular flexibility index (Phi) is 8.78. The van der Waals surface area contributed by atoms with Gasteiger partial charge in [0.05, 0.1) is 17.4 Å². The molecule has 8 nitrogen and oxygen atoms in total. The van der Waals surface area contributed by atoms with Gasteiger partial charge in [0.25, 0.3) is 11.5 Å². The summed E-state index contributed by atoms with van der Waals surface area (Å²) < 4.78 is 7.33. The number of thioether (sulfide) groups is 1. The summed E-state index contributed by atoms with van der Waals surface area (Å²) in [4.78, 5) is 43.1. The summed E-state index contributed by atoms with van der Waals surface area (Å²) in [6.45, 7) is 11.0. The van der Waals surface area contributed by atoms with Crippen molar-refractivity contribution in [2.45, 2.75) is 66.5 Å². The molecular formula is C25H32N4O4S2. The zero-order valence-electron chi connectivity index (χ0n) is 20.9. The van der Waals surface area contributed by atoms with E-state index >= 15 is 0 Å². The largest absolute Gasteiger partial charge is 0.466 e. The van der Waals surface area contributed by atoms with Crippen LogP contribution in [0.25, 0.3) is 6.08 Å². The molecule has 2 saturated heterocycles. The van der Waals surface area contributed by atoms with Gasteiger partial charge in [-0.05, 0) is 58.6 Å². The van der Waals surface area contributed by atoms with Crippen LogP contribution in [0.4, 0.5) is 5.82 Å². The molecule has 1 aromatic heterocycles. The average molecular weight is 517 g/mol. The number of rotatable bonds is 7. The average Bonchev–Trinajstić information content (AvgIpc) is 3.13. The monoisotopic (exact) mass is 516 g/mol. The number of hydrogen-bond acceptors (Lipinski definition) is 8. The van der Waals surface area contributed by atoms with E-state index in [0.717, 1.165) is 12.8 Å². The summed E-state index contributed by atoms with van der Waals surface area (Å²) in [7, 11) is 0. The van der Waals surface area contributed by atoms with Gasteiger partial charge in [-0.15, -0.1) is 0 Å². The Morgan fingerprint density at radius 1 is 1.34 bits per heavy atom. The van der Waals surface area contributed by atoms with Gasteiger partial charge in [-0.25, -0.2) is 0 Å². The number of hydrogen-bond donors (Lipinski definition) is 0. The number of carbonyl (C=O) groups excluding carboxylic acids is 2. The number of thiocarbonyl (C=S) groups is 1. The fraction of sp³-hybridized carbons (Fsp3) is 0.560. The molecule has 2 fully saturated rings. The molecule has 0 bridgehead atoms. The predicted octanol–water partition coefficient (Wildman–Crippen LogP) is 3.83. The van der Waals surface area contributed by atoms with Gasteiger partial charge in [0.1, 0.15) is 21.8 Å². The van der Waals surface area contributed by atoms with Crippen molar-refractivity contribution in [2.75, 3.05) is 24.6 Å². The van der Waals surface area contributed by atoms with E-state index in [0.29, 0.717) is 58.8 Å². The van der Waals surface area contributed by atoms with E-state index in [1.54, 1.807) is 29.4 Å². The molecule has 3 rings (SSSR count). The van der Waals surface area contributed by atoms with Crippen molar-refractivity contribution in [1.29, 1.82) is 5.26 Å². The lowest BCUT2D eigenvalue weighted by molar-refractivity contribution is -0.148. The summed E-state index contributed by atoms with van der Waals surface area (Å²) in [6, 6.07) is 2.02. The van der Waals surface area contributed by atoms with Crippen molar-refractivity contribution in [1.82, 2.24) is 9.47 Å². The molecule has 35 heavy (non-hydrogen) atoms. The molecule has 0 aromatic carbocycles. The lowest BCUT2D eigenvalue weighted by atomic mass is 9.96. The van der Waals surface area contributed by atoms with Crippen LogP contribution in [-0.2, 0) is 20.9 Å². The number of carbonyl (C=O) groups is 2. The van der Waals surface area contributed by atoms with Crippen LogP contribution in [0.15, 0.2) is 9.70 Å². The number of piperidine rings is 1. The van der Waals surface area contributed by atoms with Crippen LogP contribution >= 0.6 is 24.0 Å². The van der Waals surface area contributed by atoms with Crippen LogP contribution in [0.5, 0.6) is 0 Å². The highest BCUT2D eigenvalue weighted by atomic mass is 32.2. The molecule has 1 amide bonds. The maximum atomic E-state index is 13.2. The first kappa shape index (κ1) is 27.0. The second kappa shape index (κ2) is 11.4. The predicted molar refractivity (Wildman–Crippen MR) is 142 cm³/mol. The summed E-state index contributed by atoms with van der Waals surface area (Å²) >= 11 is 6.72. The van der Waals surface area contributed by atoms with Crippen molar-refractivity contribution in [2.24, 2.45) is 5.92 Å². The van der Waals surface area contributed by atoms with E-state index < -0.39 is 0 Å². The third-order valence-electron chi connectivity index (χ3n) is 6.63. The van der Waals surface area contributed by atoms with Crippen molar-refractivity contribution in [3.8, 4) is 6.07 Å². The van der Waals surface area contributed by atoms with Crippen molar-refractivity contribution in [3.05, 3.63) is 31.9 Å². The Hall–Kier alpha value is -2.64. The van der Waals surface area contributed by atoms with Gasteiger partial charge in [0.2, 0.25) is 0 Å². The number of nitriles is 1. The quantitative estimate of drug-likeness (QED) is 0.307. The number of aromatic nitrogens is 1. The first-order valence-electron chi connectivity index (χ1n) is 12.1. The molecule has 0 N–H and O–H groups in total. The molecule has 2 aliphatic rings. The van der Waals surface area contributed by atoms with Crippen LogP contribution in [0.2, 0.25) is 0 Å². The lowest BCUT2D eigenvalue weighted by Gasteiger charge is -2.36. The van der Waals surface area contributed by atoms with E-state index in [2.05, 4.69) is 6.07 Å². The van der Waals surface area contributed by atoms with Crippen LogP contribution in [0, 0.1) is 24.2 Å². The van der Waals surface area contributed by atoms with Crippen LogP contribution < -0.4 is 10.5 Å². The van der Waals surface area contributed by atoms with Gasteiger partial charge in [0.15, 0.2) is 0 Å². The second-order valence-electron chi connectivity index (χ2n) is 8.74. The highest BCUT2D eigenvalue weighted by molar-refractivity contribution is 8.26. The second-order valence-corrected chi connectivity index (χ2v) is 10.4. The van der Waals surface area contributed by atoms with Crippen molar-refractivity contribution < 1.29 is 14.3 Å². The summed E-state index contributed by atoms with van der Waals surface area (Å²) in [5, 5.41) is 9.76. The number of amides is 1. The highest BCUT2D eigenvalue weighted by Crippen LogP contribution is 2.38. The molecule has 2 unspecified atom stereocenters. The third-order valence-corrected chi connectivity index (χ3v) is 7.96. The fourth-order valence-electron chi connectivity index (χ4n) is 4.57. The van der Waals surface area contributed by atoms with Gasteiger partial charge in [0, 0.05) is 31.2 Å². The van der Waals surface area contributed by atoms with E-state index in [9.17, 15) is 19.6 Å². The van der Waals surface area contributed by atoms with Gasteiger partial charge in [-0.2, -0.15) is 5.26 Å². The normalized spacial score (nSPS) is 20.3. The van der Waals surface area contributed by atoms with Gasteiger partial charge in [-0.1, -0.05) is 30.9 Å². The minimum absolute atomic E-state index is 0.0272. The molecular weight excluding hydrogens is 484 g/mol. The Balaban J connectivity index is 2.18. The van der Waals surface area contributed by atoms with Crippen LogP contribution in [-0.4, -0.2) is 51.4 Å². The Bertz CT molecular complexity index is 1170. The van der Waals surface area contributed by atoms with E-state index in [1.807, 2.05) is 25.7 Å². The maximum Gasteiger partial charge on any atom is 0.310 e. The van der Waals surface area contributed by atoms with E-state index in [4.69, 9.17) is 17.0 Å². The maximum absolute atomic E-state index is 13.2. The number of pyridine rings is 1. The number of nitrogens with zero attached hydrogens (tertiary/aromatic N) is 4. The number of ether oxygens (including phenoxy) is 1. The van der Waals surface area contributed by atoms with Crippen molar-refractivity contribution in [3.63, 3.8) is 0 Å². The molecule has 0 radical (unpaired) electrons. The van der Waals surface area contributed by atoms with Gasteiger partial charge in [-0.3, -0.25) is 23.9 Å². The van der Waals surface area contributed by atoms with Gasteiger partial charge < -0.3 is 9.64 Å². The first-order chi connectivity index (χ1) is 16.7. The molecule has 3 heterocycles. The molecule has 0 saturated carbocycles. The molecule has 188 valence electrons. The Labute approximate surface area is 215 Å². The summed E-state index contributed by atoms with van der Waals surface area (Å²) in [5.74, 6) is -0.104. The first-order valence-corrected chi connectivity index (χ1v) is 13.3. The molecule has 1 aromatic rings. The fourth-order valence-corrected chi connectivity index (χ4v) is 6.02. The molecule has 10 heteroatoms. The summed E-state index contributed by atoms with van der Waals surface area (Å²) in [6.07, 6.45) is 4.00. The number of anilines is 1. The highest BCUT2D eigenvalue weighted by Gasteiger charge is 2.36. The number of esters is 1.